The Kier molecular flexibility index (Phi) is 8.15. The van der Waals surface area contributed by atoms with E-state index in [-0.39, 0.29) is 11.2 Å². The molecule has 0 saturated carbocycles. The Bertz CT molecular complexity index is 842. The third-order valence-corrected chi connectivity index (χ3v) is 5.45. The number of carbonyl (C=O) groups is 1. The van der Waals surface area contributed by atoms with Crippen molar-refractivity contribution in [3.8, 4) is 17.6 Å². The van der Waals surface area contributed by atoms with Gasteiger partial charge in [-0.05, 0) is 25.0 Å². The lowest BCUT2D eigenvalue weighted by molar-refractivity contribution is -0.115. The number of nitriles is 1. The van der Waals surface area contributed by atoms with Crippen molar-refractivity contribution in [1.29, 1.82) is 5.26 Å². The van der Waals surface area contributed by atoms with Gasteiger partial charge in [-0.2, -0.15) is 5.26 Å². The van der Waals surface area contributed by atoms with E-state index in [0.29, 0.717) is 34.2 Å². The zero-order valence-corrected chi connectivity index (χ0v) is 17.4. The van der Waals surface area contributed by atoms with Gasteiger partial charge >= 0.3 is 0 Å². The van der Waals surface area contributed by atoms with Crippen molar-refractivity contribution >= 4 is 23.4 Å². The number of amides is 1. The number of aryl methyl sites for hydroxylation is 1. The van der Waals surface area contributed by atoms with Gasteiger partial charge in [-0.1, -0.05) is 32.0 Å². The maximum absolute atomic E-state index is 12.8. The number of aromatic nitrogens is 1. The second-order valence-electron chi connectivity index (χ2n) is 6.12. The van der Waals surface area contributed by atoms with Crippen LogP contribution in [0.15, 0.2) is 35.4 Å². The van der Waals surface area contributed by atoms with E-state index in [0.717, 1.165) is 18.5 Å². The van der Waals surface area contributed by atoms with Crippen molar-refractivity contribution in [2.45, 2.75) is 43.4 Å². The highest BCUT2D eigenvalue weighted by atomic mass is 32.2. The summed E-state index contributed by atoms with van der Waals surface area (Å²) in [6, 6.07) is 11.0. The molecule has 2 aromatic rings. The average molecular weight is 400 g/mol. The van der Waals surface area contributed by atoms with Crippen LogP contribution in [0.4, 0.5) is 5.69 Å². The van der Waals surface area contributed by atoms with Crippen molar-refractivity contribution in [3.05, 3.63) is 41.6 Å². The van der Waals surface area contributed by atoms with E-state index >= 15 is 0 Å². The summed E-state index contributed by atoms with van der Waals surface area (Å²) < 4.78 is 10.5. The molecule has 2 rings (SSSR count). The Morgan fingerprint density at radius 1 is 1.21 bits per heavy atom. The predicted molar refractivity (Wildman–Crippen MR) is 111 cm³/mol. The number of ether oxygens (including phenoxy) is 2. The normalized spacial score (nSPS) is 11.4. The maximum Gasteiger partial charge on any atom is 0.237 e. The zero-order chi connectivity index (χ0) is 20.5. The van der Waals surface area contributed by atoms with Gasteiger partial charge in [0.25, 0.3) is 0 Å². The molecular formula is C21H25N3O3S. The molecule has 1 atom stereocenters. The fourth-order valence-electron chi connectivity index (χ4n) is 2.61. The van der Waals surface area contributed by atoms with E-state index in [1.165, 1.54) is 11.8 Å². The molecule has 148 valence electrons. The minimum Gasteiger partial charge on any atom is -0.497 e. The van der Waals surface area contributed by atoms with Crippen LogP contribution in [0.5, 0.6) is 11.5 Å². The van der Waals surface area contributed by atoms with E-state index in [2.05, 4.69) is 23.3 Å². The Morgan fingerprint density at radius 3 is 2.43 bits per heavy atom. The number of benzene rings is 1. The van der Waals surface area contributed by atoms with E-state index in [1.807, 2.05) is 13.0 Å². The van der Waals surface area contributed by atoms with Crippen LogP contribution in [0.25, 0.3) is 0 Å². The van der Waals surface area contributed by atoms with Gasteiger partial charge in [0, 0.05) is 29.6 Å². The molecule has 28 heavy (non-hydrogen) atoms. The molecule has 0 bridgehead atoms. The van der Waals surface area contributed by atoms with E-state index in [1.54, 1.807) is 38.5 Å². The first-order chi connectivity index (χ1) is 13.5. The monoisotopic (exact) mass is 399 g/mol. The van der Waals surface area contributed by atoms with Crippen LogP contribution in [0.3, 0.4) is 0 Å². The molecule has 0 saturated heterocycles. The fourth-order valence-corrected chi connectivity index (χ4v) is 3.62. The highest BCUT2D eigenvalue weighted by molar-refractivity contribution is 8.00. The first-order valence-corrected chi connectivity index (χ1v) is 10.0. The van der Waals surface area contributed by atoms with Gasteiger partial charge in [0.1, 0.15) is 22.6 Å². The number of pyridine rings is 1. The molecule has 6 nitrogen and oxygen atoms in total. The Hall–Kier alpha value is -2.72. The summed E-state index contributed by atoms with van der Waals surface area (Å²) in [6.45, 7) is 4.02. The molecule has 1 heterocycles. The van der Waals surface area contributed by atoms with Crippen LogP contribution in [-0.4, -0.2) is 30.4 Å². The summed E-state index contributed by atoms with van der Waals surface area (Å²) in [5.74, 6) is 1.03. The second-order valence-corrected chi connectivity index (χ2v) is 7.31. The number of nitrogens with one attached hydrogen (secondary N) is 1. The number of hydrogen-bond acceptors (Lipinski definition) is 6. The summed E-state index contributed by atoms with van der Waals surface area (Å²) in [5, 5.41) is 12.5. The molecule has 0 fully saturated rings. The molecular weight excluding hydrogens is 374 g/mol. The molecule has 1 aromatic carbocycles. The largest absolute Gasteiger partial charge is 0.497 e. The molecule has 1 N–H and O–H groups in total. The summed E-state index contributed by atoms with van der Waals surface area (Å²) in [5.41, 5.74) is 2.00. The van der Waals surface area contributed by atoms with Crippen molar-refractivity contribution in [2.24, 2.45) is 0 Å². The SMILES string of the molecule is CCCc1ccc(C#N)c(SC(CC)C(=O)Nc2cc(OC)cc(OC)c2)n1. The van der Waals surface area contributed by atoms with Gasteiger partial charge in [0.15, 0.2) is 0 Å². The molecule has 7 heteroatoms. The number of methoxy groups -OCH3 is 2. The van der Waals surface area contributed by atoms with Gasteiger partial charge < -0.3 is 14.8 Å². The van der Waals surface area contributed by atoms with Gasteiger partial charge in [0.2, 0.25) is 5.91 Å². The lowest BCUT2D eigenvalue weighted by atomic mass is 10.2. The van der Waals surface area contributed by atoms with Crippen molar-refractivity contribution in [1.82, 2.24) is 4.98 Å². The molecule has 0 spiro atoms. The lowest BCUT2D eigenvalue weighted by Gasteiger charge is -2.16. The Morgan fingerprint density at radius 2 is 1.89 bits per heavy atom. The third kappa shape index (κ3) is 5.64. The number of anilines is 1. The maximum atomic E-state index is 12.8. The number of hydrogen-bond donors (Lipinski definition) is 1. The molecule has 0 aliphatic carbocycles. The lowest BCUT2D eigenvalue weighted by Crippen LogP contribution is -2.25. The van der Waals surface area contributed by atoms with Gasteiger partial charge in [-0.15, -0.1) is 0 Å². The van der Waals surface area contributed by atoms with Gasteiger partial charge in [-0.25, -0.2) is 4.98 Å². The highest BCUT2D eigenvalue weighted by Gasteiger charge is 2.21. The van der Waals surface area contributed by atoms with Crippen molar-refractivity contribution < 1.29 is 14.3 Å². The van der Waals surface area contributed by atoms with Gasteiger partial charge in [-0.3, -0.25) is 4.79 Å². The van der Waals surface area contributed by atoms with E-state index in [9.17, 15) is 10.1 Å². The minimum atomic E-state index is -0.381. The summed E-state index contributed by atoms with van der Waals surface area (Å²) >= 11 is 1.32. The fraction of sp³-hybridized carbons (Fsp3) is 0.381. The van der Waals surface area contributed by atoms with Crippen molar-refractivity contribution in [3.63, 3.8) is 0 Å². The molecule has 0 aliphatic heterocycles. The Labute approximate surface area is 170 Å². The quantitative estimate of drug-likeness (QED) is 0.628. The van der Waals surface area contributed by atoms with Crippen LogP contribution in [0.1, 0.15) is 37.9 Å². The number of thioether (sulfide) groups is 1. The smallest absolute Gasteiger partial charge is 0.237 e. The highest BCUT2D eigenvalue weighted by Crippen LogP contribution is 2.30. The molecule has 0 aliphatic rings. The molecule has 1 amide bonds. The van der Waals surface area contributed by atoms with E-state index < -0.39 is 0 Å². The number of nitrogens with zero attached hydrogens (tertiary/aromatic N) is 2. The average Bonchev–Trinajstić information content (AvgIpc) is 2.71. The molecule has 0 radical (unpaired) electrons. The second kappa shape index (κ2) is 10.6. The van der Waals surface area contributed by atoms with Crippen molar-refractivity contribution in [2.75, 3.05) is 19.5 Å². The predicted octanol–water partition coefficient (Wildman–Crippen LogP) is 4.43. The molecule has 1 unspecified atom stereocenters. The summed E-state index contributed by atoms with van der Waals surface area (Å²) in [4.78, 5) is 17.4. The van der Waals surface area contributed by atoms with Crippen LogP contribution in [0, 0.1) is 11.3 Å². The first-order valence-electron chi connectivity index (χ1n) is 9.15. The van der Waals surface area contributed by atoms with E-state index in [4.69, 9.17) is 9.47 Å². The Balaban J connectivity index is 2.21. The van der Waals surface area contributed by atoms with Crippen LogP contribution in [-0.2, 0) is 11.2 Å². The van der Waals surface area contributed by atoms with Gasteiger partial charge in [0.05, 0.1) is 25.0 Å². The number of carbonyl (C=O) groups excluding carboxylic acids is 1. The number of rotatable bonds is 9. The summed E-state index contributed by atoms with van der Waals surface area (Å²) in [7, 11) is 3.12. The van der Waals surface area contributed by atoms with Crippen LogP contribution in [0.2, 0.25) is 0 Å². The topological polar surface area (TPSA) is 84.2 Å². The minimum absolute atomic E-state index is 0.158. The first kappa shape index (κ1) is 21.6. The van der Waals surface area contributed by atoms with Crippen LogP contribution >= 0.6 is 11.8 Å². The third-order valence-electron chi connectivity index (χ3n) is 4.08. The molecule has 1 aromatic heterocycles. The van der Waals surface area contributed by atoms with Crippen LogP contribution < -0.4 is 14.8 Å². The zero-order valence-electron chi connectivity index (χ0n) is 16.6. The summed E-state index contributed by atoms with van der Waals surface area (Å²) in [6.07, 6.45) is 2.41. The standard InChI is InChI=1S/C21H25N3O3S/c1-5-7-15-9-8-14(13-22)21(24-15)28-19(6-2)20(25)23-16-10-17(26-3)12-18(11-16)27-4/h8-12,19H,5-7H2,1-4H3,(H,23,25).